The minimum atomic E-state index is -0.0908. The molecule has 0 radical (unpaired) electrons. The van der Waals surface area contributed by atoms with Crippen molar-refractivity contribution in [1.82, 2.24) is 19.6 Å². The van der Waals surface area contributed by atoms with Gasteiger partial charge in [0, 0.05) is 44.1 Å². The largest absolute Gasteiger partial charge is 0.487 e. The number of aromatic nitrogens is 2. The lowest BCUT2D eigenvalue weighted by Crippen LogP contribution is -2.41. The van der Waals surface area contributed by atoms with Gasteiger partial charge in [-0.3, -0.25) is 9.69 Å². The van der Waals surface area contributed by atoms with Crippen LogP contribution in [0.5, 0.6) is 5.75 Å². The molecule has 0 atom stereocenters. The van der Waals surface area contributed by atoms with Crippen LogP contribution in [0.25, 0.3) is 5.65 Å². The van der Waals surface area contributed by atoms with E-state index in [1.54, 1.807) is 12.1 Å². The van der Waals surface area contributed by atoms with Crippen molar-refractivity contribution in [3.8, 4) is 5.75 Å². The van der Waals surface area contributed by atoms with Crippen molar-refractivity contribution in [3.05, 3.63) is 65.6 Å². The number of amides is 1. The van der Waals surface area contributed by atoms with Crippen LogP contribution in [0.3, 0.4) is 0 Å². The molecule has 0 bridgehead atoms. The third-order valence-corrected chi connectivity index (χ3v) is 4.95. The number of pyridine rings is 1. The number of fused-ring (bicyclic) bond motifs is 1. The quantitative estimate of drug-likeness (QED) is 0.666. The van der Waals surface area contributed by atoms with E-state index < -0.39 is 0 Å². The van der Waals surface area contributed by atoms with Gasteiger partial charge in [0.25, 0.3) is 5.91 Å². The van der Waals surface area contributed by atoms with Crippen molar-refractivity contribution < 1.29 is 14.3 Å². The first-order valence-corrected chi connectivity index (χ1v) is 9.93. The van der Waals surface area contributed by atoms with Crippen molar-refractivity contribution in [2.24, 2.45) is 0 Å². The van der Waals surface area contributed by atoms with E-state index in [1.807, 2.05) is 48.0 Å². The van der Waals surface area contributed by atoms with Crippen LogP contribution in [0.1, 0.15) is 21.6 Å². The van der Waals surface area contributed by atoms with E-state index in [9.17, 15) is 4.79 Å². The fourth-order valence-electron chi connectivity index (χ4n) is 3.36. The standard InChI is InChI=1S/C22H26N4O3/c1-17-5-6-21-24-19(15-26(21)14-17)16-29-20-4-2-3-18(13-20)22(27)23-7-8-25-9-11-28-12-10-25/h2-6,13-15H,7-12,16H2,1H3,(H,23,27). The summed E-state index contributed by atoms with van der Waals surface area (Å²) in [4.78, 5) is 19.3. The molecule has 1 N–H and O–H groups in total. The van der Waals surface area contributed by atoms with Gasteiger partial charge in [0.1, 0.15) is 18.0 Å². The Balaban J connectivity index is 1.30. The molecular weight excluding hydrogens is 368 g/mol. The number of morpholine rings is 1. The van der Waals surface area contributed by atoms with Crippen LogP contribution in [0.15, 0.2) is 48.8 Å². The molecular formula is C22H26N4O3. The second kappa shape index (κ2) is 9.07. The molecule has 4 rings (SSSR count). The Bertz CT molecular complexity index is 979. The molecule has 1 aliphatic rings. The van der Waals surface area contributed by atoms with Crippen molar-refractivity contribution in [1.29, 1.82) is 0 Å². The van der Waals surface area contributed by atoms with Crippen LogP contribution < -0.4 is 10.1 Å². The minimum Gasteiger partial charge on any atom is -0.487 e. The topological polar surface area (TPSA) is 68.1 Å². The number of hydrogen-bond acceptors (Lipinski definition) is 5. The molecule has 2 aromatic heterocycles. The van der Waals surface area contributed by atoms with Crippen LogP contribution in [0.2, 0.25) is 0 Å². The first-order chi connectivity index (χ1) is 14.2. The van der Waals surface area contributed by atoms with Gasteiger partial charge < -0.3 is 19.2 Å². The molecule has 3 aromatic rings. The monoisotopic (exact) mass is 394 g/mol. The highest BCUT2D eigenvalue weighted by Gasteiger charge is 2.11. The fraction of sp³-hybridized carbons (Fsp3) is 0.364. The Morgan fingerprint density at radius 2 is 2.07 bits per heavy atom. The fourth-order valence-corrected chi connectivity index (χ4v) is 3.36. The molecule has 7 heteroatoms. The molecule has 0 aliphatic carbocycles. The molecule has 29 heavy (non-hydrogen) atoms. The predicted octanol–water partition coefficient (Wildman–Crippen LogP) is 2.28. The number of nitrogens with zero attached hydrogens (tertiary/aromatic N) is 3. The highest BCUT2D eigenvalue weighted by Crippen LogP contribution is 2.16. The number of benzene rings is 1. The molecule has 0 saturated carbocycles. The summed E-state index contributed by atoms with van der Waals surface area (Å²) in [6.07, 6.45) is 4.00. The summed E-state index contributed by atoms with van der Waals surface area (Å²) in [5.74, 6) is 0.561. The third kappa shape index (κ3) is 5.13. The van der Waals surface area contributed by atoms with Crippen molar-refractivity contribution in [2.75, 3.05) is 39.4 Å². The summed E-state index contributed by atoms with van der Waals surface area (Å²) in [6, 6.07) is 11.3. The maximum absolute atomic E-state index is 12.4. The summed E-state index contributed by atoms with van der Waals surface area (Å²) < 4.78 is 13.2. The number of nitrogens with one attached hydrogen (secondary N) is 1. The van der Waals surface area contributed by atoms with E-state index in [4.69, 9.17) is 9.47 Å². The van der Waals surface area contributed by atoms with E-state index in [-0.39, 0.29) is 5.91 Å². The van der Waals surface area contributed by atoms with Crippen LogP contribution in [0.4, 0.5) is 0 Å². The zero-order valence-electron chi connectivity index (χ0n) is 16.6. The van der Waals surface area contributed by atoms with E-state index >= 15 is 0 Å². The van der Waals surface area contributed by atoms with Gasteiger partial charge in [0.05, 0.1) is 18.9 Å². The Kier molecular flexibility index (Phi) is 6.07. The zero-order valence-corrected chi connectivity index (χ0v) is 16.6. The van der Waals surface area contributed by atoms with Gasteiger partial charge in [-0.2, -0.15) is 0 Å². The van der Waals surface area contributed by atoms with Crippen molar-refractivity contribution in [2.45, 2.75) is 13.5 Å². The summed E-state index contributed by atoms with van der Waals surface area (Å²) in [5, 5.41) is 2.98. The summed E-state index contributed by atoms with van der Waals surface area (Å²) in [5.41, 5.74) is 3.50. The highest BCUT2D eigenvalue weighted by molar-refractivity contribution is 5.94. The van der Waals surface area contributed by atoms with Crippen LogP contribution >= 0.6 is 0 Å². The van der Waals surface area contributed by atoms with Crippen molar-refractivity contribution in [3.63, 3.8) is 0 Å². The first-order valence-electron chi connectivity index (χ1n) is 9.93. The van der Waals surface area contributed by atoms with E-state index in [1.165, 1.54) is 5.56 Å². The molecule has 1 saturated heterocycles. The van der Waals surface area contributed by atoms with Crippen LogP contribution in [-0.2, 0) is 11.3 Å². The van der Waals surface area contributed by atoms with E-state index in [0.29, 0.717) is 24.5 Å². The summed E-state index contributed by atoms with van der Waals surface area (Å²) in [7, 11) is 0. The van der Waals surface area contributed by atoms with Crippen LogP contribution in [0, 0.1) is 6.92 Å². The first kappa shape index (κ1) is 19.4. The number of rotatable bonds is 7. The molecule has 1 aromatic carbocycles. The van der Waals surface area contributed by atoms with Crippen LogP contribution in [-0.4, -0.2) is 59.6 Å². The number of carbonyl (C=O) groups excluding carboxylic acids is 1. The predicted molar refractivity (Wildman–Crippen MR) is 110 cm³/mol. The second-order valence-corrected chi connectivity index (χ2v) is 7.23. The van der Waals surface area contributed by atoms with Gasteiger partial charge in [-0.15, -0.1) is 0 Å². The molecule has 1 amide bonds. The minimum absolute atomic E-state index is 0.0908. The van der Waals surface area contributed by atoms with Crippen molar-refractivity contribution >= 4 is 11.6 Å². The Hall–Kier alpha value is -2.90. The maximum Gasteiger partial charge on any atom is 0.251 e. The Labute approximate surface area is 170 Å². The Morgan fingerprint density at radius 1 is 1.21 bits per heavy atom. The van der Waals surface area contributed by atoms with E-state index in [2.05, 4.69) is 15.2 Å². The average molecular weight is 394 g/mol. The maximum atomic E-state index is 12.4. The summed E-state index contributed by atoms with van der Waals surface area (Å²) in [6.45, 7) is 7.21. The number of carbonyl (C=O) groups is 1. The van der Waals surface area contributed by atoms with Gasteiger partial charge >= 0.3 is 0 Å². The van der Waals surface area contributed by atoms with Gasteiger partial charge in [-0.1, -0.05) is 12.1 Å². The molecule has 1 aliphatic heterocycles. The lowest BCUT2D eigenvalue weighted by molar-refractivity contribution is 0.0383. The lowest BCUT2D eigenvalue weighted by Gasteiger charge is -2.26. The van der Waals surface area contributed by atoms with Gasteiger partial charge in [0.2, 0.25) is 0 Å². The number of ether oxygens (including phenoxy) is 2. The molecule has 152 valence electrons. The number of aryl methyl sites for hydroxylation is 1. The molecule has 0 unspecified atom stereocenters. The SMILES string of the molecule is Cc1ccc2nc(COc3cccc(C(=O)NCCN4CCOCC4)c3)cn2c1. The van der Waals surface area contributed by atoms with Gasteiger partial charge in [-0.05, 0) is 36.8 Å². The lowest BCUT2D eigenvalue weighted by atomic mass is 10.2. The van der Waals surface area contributed by atoms with Gasteiger partial charge in [0.15, 0.2) is 0 Å². The average Bonchev–Trinajstić information content (AvgIpc) is 3.15. The smallest absolute Gasteiger partial charge is 0.251 e. The van der Waals surface area contributed by atoms with Gasteiger partial charge in [-0.25, -0.2) is 4.98 Å². The molecule has 1 fully saturated rings. The highest BCUT2D eigenvalue weighted by atomic mass is 16.5. The molecule has 7 nitrogen and oxygen atoms in total. The summed E-state index contributed by atoms with van der Waals surface area (Å²) >= 11 is 0. The second-order valence-electron chi connectivity index (χ2n) is 7.23. The molecule has 0 spiro atoms. The molecule has 3 heterocycles. The zero-order chi connectivity index (χ0) is 20.1. The third-order valence-electron chi connectivity index (χ3n) is 4.95. The number of hydrogen-bond donors (Lipinski definition) is 1. The Morgan fingerprint density at radius 3 is 2.93 bits per heavy atom. The van der Waals surface area contributed by atoms with E-state index in [0.717, 1.165) is 44.2 Å². The number of imidazole rings is 1. The normalized spacial score (nSPS) is 14.8.